The number of aromatic nitrogens is 2. The number of aryl methyl sites for hydroxylation is 1. The Labute approximate surface area is 115 Å². The smallest absolute Gasteiger partial charge is 0.214 e. The summed E-state index contributed by atoms with van der Waals surface area (Å²) in [5, 5.41) is 7.22. The molecule has 19 heavy (non-hydrogen) atoms. The van der Waals surface area contributed by atoms with Gasteiger partial charge in [-0.05, 0) is 25.9 Å². The lowest BCUT2D eigenvalue weighted by atomic mass is 10.3. The van der Waals surface area contributed by atoms with E-state index in [-0.39, 0.29) is 5.75 Å². The quantitative estimate of drug-likeness (QED) is 0.675. The molecule has 0 saturated heterocycles. The molecule has 0 aliphatic heterocycles. The molecular formula is C12H24N4O2S. The van der Waals surface area contributed by atoms with E-state index in [9.17, 15) is 8.42 Å². The molecule has 0 atom stereocenters. The van der Waals surface area contributed by atoms with Crippen LogP contribution in [0.3, 0.4) is 0 Å². The summed E-state index contributed by atoms with van der Waals surface area (Å²) in [5.41, 5.74) is 0.904. The number of nitrogens with one attached hydrogen (secondary N) is 1. The maximum Gasteiger partial charge on any atom is 0.214 e. The lowest BCUT2D eigenvalue weighted by molar-refractivity contribution is 0.464. The first-order valence-electron chi connectivity index (χ1n) is 6.58. The summed E-state index contributed by atoms with van der Waals surface area (Å²) >= 11 is 0. The zero-order chi connectivity index (χ0) is 14.3. The number of sulfonamides is 1. The van der Waals surface area contributed by atoms with Crippen LogP contribution >= 0.6 is 0 Å². The Bertz CT molecular complexity index is 470. The SMILES string of the molecule is CCNCCCCS(=O)(=O)N(C)Cc1cnn(C)c1. The molecule has 0 bridgehead atoms. The van der Waals surface area contributed by atoms with Gasteiger partial charge in [0, 0.05) is 32.4 Å². The van der Waals surface area contributed by atoms with Crippen LogP contribution in [0.2, 0.25) is 0 Å². The highest BCUT2D eigenvalue weighted by Gasteiger charge is 2.17. The Morgan fingerprint density at radius 3 is 2.74 bits per heavy atom. The summed E-state index contributed by atoms with van der Waals surface area (Å²) in [7, 11) is 0.268. The van der Waals surface area contributed by atoms with Crippen LogP contribution in [0.4, 0.5) is 0 Å². The van der Waals surface area contributed by atoms with E-state index in [1.165, 1.54) is 4.31 Å². The largest absolute Gasteiger partial charge is 0.317 e. The van der Waals surface area contributed by atoms with Crippen molar-refractivity contribution < 1.29 is 8.42 Å². The minimum atomic E-state index is -3.17. The van der Waals surface area contributed by atoms with Gasteiger partial charge in [-0.3, -0.25) is 4.68 Å². The van der Waals surface area contributed by atoms with Gasteiger partial charge >= 0.3 is 0 Å². The zero-order valence-corrected chi connectivity index (χ0v) is 12.8. The van der Waals surface area contributed by atoms with Crippen molar-refractivity contribution in [3.8, 4) is 0 Å². The van der Waals surface area contributed by atoms with Crippen molar-refractivity contribution in [2.24, 2.45) is 7.05 Å². The van der Waals surface area contributed by atoms with Crippen molar-refractivity contribution in [2.45, 2.75) is 26.3 Å². The summed E-state index contributed by atoms with van der Waals surface area (Å²) < 4.78 is 27.2. The number of hydrogen-bond donors (Lipinski definition) is 1. The highest BCUT2D eigenvalue weighted by molar-refractivity contribution is 7.89. The van der Waals surface area contributed by atoms with Crippen LogP contribution in [0, 0.1) is 0 Å². The molecule has 6 nitrogen and oxygen atoms in total. The lowest BCUT2D eigenvalue weighted by Crippen LogP contribution is -2.29. The molecule has 1 aromatic rings. The van der Waals surface area contributed by atoms with E-state index < -0.39 is 10.0 Å². The fourth-order valence-electron chi connectivity index (χ4n) is 1.78. The van der Waals surface area contributed by atoms with Gasteiger partial charge in [0.05, 0.1) is 11.9 Å². The molecule has 0 aliphatic rings. The van der Waals surface area contributed by atoms with Crippen LogP contribution in [0.1, 0.15) is 25.3 Å². The zero-order valence-electron chi connectivity index (χ0n) is 12.0. The number of rotatable bonds is 9. The van der Waals surface area contributed by atoms with Crippen LogP contribution in [-0.4, -0.2) is 48.4 Å². The van der Waals surface area contributed by atoms with Gasteiger partial charge in [-0.1, -0.05) is 6.92 Å². The topological polar surface area (TPSA) is 67.2 Å². The van der Waals surface area contributed by atoms with E-state index in [0.29, 0.717) is 13.0 Å². The highest BCUT2D eigenvalue weighted by Crippen LogP contribution is 2.08. The first-order valence-corrected chi connectivity index (χ1v) is 8.19. The van der Waals surface area contributed by atoms with Crippen molar-refractivity contribution in [1.82, 2.24) is 19.4 Å². The summed E-state index contributed by atoms with van der Waals surface area (Å²) in [5.74, 6) is 0.204. The van der Waals surface area contributed by atoms with Gasteiger partial charge in [0.25, 0.3) is 0 Å². The van der Waals surface area contributed by atoms with Gasteiger partial charge in [-0.2, -0.15) is 5.10 Å². The molecular weight excluding hydrogens is 264 g/mol. The molecule has 1 heterocycles. The average molecular weight is 288 g/mol. The summed E-state index contributed by atoms with van der Waals surface area (Å²) in [4.78, 5) is 0. The summed E-state index contributed by atoms with van der Waals surface area (Å²) in [6.45, 7) is 4.22. The Hall–Kier alpha value is -0.920. The van der Waals surface area contributed by atoms with Crippen LogP contribution in [0.5, 0.6) is 0 Å². The molecule has 0 aliphatic carbocycles. The van der Waals surface area contributed by atoms with Crippen molar-refractivity contribution in [2.75, 3.05) is 25.9 Å². The van der Waals surface area contributed by atoms with Crippen molar-refractivity contribution in [1.29, 1.82) is 0 Å². The molecule has 0 spiro atoms. The number of unbranched alkanes of at least 4 members (excludes halogenated alkanes) is 1. The fourth-order valence-corrected chi connectivity index (χ4v) is 3.00. The van der Waals surface area contributed by atoms with Crippen LogP contribution in [0.15, 0.2) is 12.4 Å². The van der Waals surface area contributed by atoms with E-state index in [1.807, 2.05) is 20.2 Å². The lowest BCUT2D eigenvalue weighted by Gasteiger charge is -2.16. The summed E-state index contributed by atoms with van der Waals surface area (Å²) in [6.07, 6.45) is 5.09. The molecule has 0 fully saturated rings. The van der Waals surface area contributed by atoms with Gasteiger partial charge in [0.1, 0.15) is 0 Å². The van der Waals surface area contributed by atoms with E-state index in [4.69, 9.17) is 0 Å². The Balaban J connectivity index is 2.39. The molecule has 1 aromatic heterocycles. The number of nitrogens with zero attached hydrogens (tertiary/aromatic N) is 3. The van der Waals surface area contributed by atoms with Gasteiger partial charge in [0.15, 0.2) is 0 Å². The van der Waals surface area contributed by atoms with Gasteiger partial charge in [0.2, 0.25) is 10.0 Å². The second-order valence-corrected chi connectivity index (χ2v) is 6.85. The normalized spacial score (nSPS) is 12.2. The van der Waals surface area contributed by atoms with Crippen LogP contribution in [-0.2, 0) is 23.6 Å². The molecule has 0 aromatic carbocycles. The monoisotopic (exact) mass is 288 g/mol. The van der Waals surface area contributed by atoms with E-state index >= 15 is 0 Å². The summed E-state index contributed by atoms with van der Waals surface area (Å²) in [6, 6.07) is 0. The maximum absolute atomic E-state index is 12.1. The standard InChI is InChI=1S/C12H24N4O2S/c1-4-13-7-5-6-8-19(17,18)16(3)11-12-9-14-15(2)10-12/h9-10,13H,4-8,11H2,1-3H3. The Morgan fingerprint density at radius 1 is 1.42 bits per heavy atom. The first-order chi connectivity index (χ1) is 8.95. The molecule has 0 radical (unpaired) electrons. The van der Waals surface area contributed by atoms with Crippen molar-refractivity contribution in [3.63, 3.8) is 0 Å². The third-order valence-corrected chi connectivity index (χ3v) is 4.78. The third kappa shape index (κ3) is 5.71. The molecule has 110 valence electrons. The van der Waals surface area contributed by atoms with Gasteiger partial charge < -0.3 is 5.32 Å². The van der Waals surface area contributed by atoms with E-state index in [1.54, 1.807) is 17.9 Å². The van der Waals surface area contributed by atoms with Gasteiger partial charge in [-0.25, -0.2) is 12.7 Å². The molecule has 0 unspecified atom stereocenters. The van der Waals surface area contributed by atoms with Crippen LogP contribution < -0.4 is 5.32 Å². The Morgan fingerprint density at radius 2 is 2.16 bits per heavy atom. The molecule has 1 rings (SSSR count). The minimum absolute atomic E-state index is 0.204. The third-order valence-electron chi connectivity index (χ3n) is 2.89. The second kappa shape index (κ2) is 7.62. The molecule has 0 amide bonds. The maximum atomic E-state index is 12.1. The average Bonchev–Trinajstić information content (AvgIpc) is 2.74. The molecule has 1 N–H and O–H groups in total. The first kappa shape index (κ1) is 16.1. The minimum Gasteiger partial charge on any atom is -0.317 e. The van der Waals surface area contributed by atoms with Gasteiger partial charge in [-0.15, -0.1) is 0 Å². The predicted molar refractivity (Wildman–Crippen MR) is 76.2 cm³/mol. The highest BCUT2D eigenvalue weighted by atomic mass is 32.2. The predicted octanol–water partition coefficient (Wildman–Crippen LogP) is 0.571. The van der Waals surface area contributed by atoms with Crippen LogP contribution in [0.25, 0.3) is 0 Å². The molecule has 0 saturated carbocycles. The number of hydrogen-bond acceptors (Lipinski definition) is 4. The molecule has 7 heteroatoms. The van der Waals surface area contributed by atoms with E-state index in [0.717, 1.165) is 25.1 Å². The van der Waals surface area contributed by atoms with Crippen molar-refractivity contribution in [3.05, 3.63) is 18.0 Å². The van der Waals surface area contributed by atoms with Crippen molar-refractivity contribution >= 4 is 10.0 Å². The fraction of sp³-hybridized carbons (Fsp3) is 0.750. The Kier molecular flexibility index (Phi) is 6.47. The second-order valence-electron chi connectivity index (χ2n) is 4.65. The van der Waals surface area contributed by atoms with E-state index in [2.05, 4.69) is 10.4 Å².